The van der Waals surface area contributed by atoms with Gasteiger partial charge < -0.3 is 15.3 Å². The number of aryl methyl sites for hydroxylation is 1. The van der Waals surface area contributed by atoms with Gasteiger partial charge in [0.2, 0.25) is 0 Å². The van der Waals surface area contributed by atoms with Crippen LogP contribution in [0.25, 0.3) is 11.3 Å². The van der Waals surface area contributed by atoms with Crippen molar-refractivity contribution in [3.8, 4) is 17.0 Å². The largest absolute Gasteiger partial charge is 0.507 e. The lowest BCUT2D eigenvalue weighted by atomic mass is 9.79. The maximum absolute atomic E-state index is 10.5. The molecule has 2 heterocycles. The van der Waals surface area contributed by atoms with E-state index in [9.17, 15) is 5.11 Å². The van der Waals surface area contributed by atoms with E-state index in [-0.39, 0.29) is 16.8 Å². The van der Waals surface area contributed by atoms with Gasteiger partial charge >= 0.3 is 0 Å². The number of anilines is 1. The van der Waals surface area contributed by atoms with Crippen LogP contribution in [0.5, 0.6) is 5.75 Å². The zero-order chi connectivity index (χ0) is 22.1. The monoisotopic (exact) mass is 408 g/mol. The summed E-state index contributed by atoms with van der Waals surface area (Å²) in [5.74, 6) is 0.931. The Morgan fingerprint density at radius 3 is 2.40 bits per heavy atom. The lowest BCUT2D eigenvalue weighted by Crippen LogP contribution is -2.62. The van der Waals surface area contributed by atoms with E-state index in [1.165, 1.54) is 6.34 Å². The van der Waals surface area contributed by atoms with Gasteiger partial charge in [-0.2, -0.15) is 0 Å². The van der Waals surface area contributed by atoms with Gasteiger partial charge in [0, 0.05) is 35.8 Å². The molecule has 0 spiro atoms. The maximum atomic E-state index is 10.5. The number of nitrogens with one attached hydrogen (secondary N) is 1. The molecule has 0 bridgehead atoms. The van der Waals surface area contributed by atoms with Crippen molar-refractivity contribution in [2.45, 2.75) is 64.6 Å². The highest BCUT2D eigenvalue weighted by molar-refractivity contribution is 5.74. The minimum atomic E-state index is 0.0582. The fourth-order valence-electron chi connectivity index (χ4n) is 4.52. The third kappa shape index (κ3) is 4.84. The first kappa shape index (κ1) is 21.9. The summed E-state index contributed by atoms with van der Waals surface area (Å²) in [7, 11) is 2.08. The molecule has 3 rings (SSSR count). The number of rotatable bonds is 5. The minimum Gasteiger partial charge on any atom is -0.507 e. The molecule has 1 fully saturated rings. The molecule has 7 heteroatoms. The number of piperidine rings is 1. The van der Waals surface area contributed by atoms with Crippen LogP contribution >= 0.6 is 0 Å². The number of phenolic OH excluding ortho intramolecular Hbond substituents is 1. The standard InChI is InChI=1S/C23H32N6O/c1-15-10-17(20(30)11-19(15)25-14-24-6)18-8-9-21(27-26-18)29(7)16-12-22(2,3)28-23(4,5)13-16/h8-11,14,16,28,30H,6,12-13H2,1-5,7H3/b25-14-. The van der Waals surface area contributed by atoms with Crippen molar-refractivity contribution < 1.29 is 5.11 Å². The summed E-state index contributed by atoms with van der Waals surface area (Å²) in [6.07, 6.45) is 3.41. The fraction of sp³-hybridized carbons (Fsp3) is 0.478. The Morgan fingerprint density at radius 2 is 1.83 bits per heavy atom. The Labute approximate surface area is 179 Å². The molecular weight excluding hydrogens is 376 g/mol. The van der Waals surface area contributed by atoms with Crippen molar-refractivity contribution >= 4 is 24.6 Å². The molecule has 1 saturated heterocycles. The van der Waals surface area contributed by atoms with Crippen LogP contribution in [0.1, 0.15) is 46.1 Å². The predicted octanol–water partition coefficient (Wildman–Crippen LogP) is 4.26. The molecule has 0 saturated carbocycles. The Kier molecular flexibility index (Phi) is 5.94. The van der Waals surface area contributed by atoms with Crippen molar-refractivity contribution in [1.29, 1.82) is 0 Å². The third-order valence-corrected chi connectivity index (χ3v) is 5.60. The molecule has 0 aliphatic carbocycles. The first-order chi connectivity index (χ1) is 14.0. The van der Waals surface area contributed by atoms with Gasteiger partial charge in [0.1, 0.15) is 12.1 Å². The van der Waals surface area contributed by atoms with E-state index in [0.29, 0.717) is 23.0 Å². The van der Waals surface area contributed by atoms with Crippen LogP contribution in [-0.2, 0) is 0 Å². The average molecular weight is 409 g/mol. The van der Waals surface area contributed by atoms with E-state index in [1.54, 1.807) is 6.07 Å². The Balaban J connectivity index is 1.84. The van der Waals surface area contributed by atoms with Gasteiger partial charge in [0.25, 0.3) is 0 Å². The molecule has 1 aliphatic heterocycles. The van der Waals surface area contributed by atoms with Crippen molar-refractivity contribution in [2.24, 2.45) is 9.98 Å². The molecule has 0 unspecified atom stereocenters. The zero-order valence-corrected chi connectivity index (χ0v) is 18.8. The number of hydrogen-bond donors (Lipinski definition) is 2. The van der Waals surface area contributed by atoms with Crippen molar-refractivity contribution in [3.63, 3.8) is 0 Å². The molecule has 1 aliphatic rings. The molecule has 1 aromatic carbocycles. The molecule has 0 atom stereocenters. The summed E-state index contributed by atoms with van der Waals surface area (Å²) < 4.78 is 0. The smallest absolute Gasteiger partial charge is 0.151 e. The molecule has 1 aromatic heterocycles. The molecular formula is C23H32N6O. The van der Waals surface area contributed by atoms with Crippen molar-refractivity contribution in [2.75, 3.05) is 11.9 Å². The number of phenols is 1. The number of benzene rings is 1. The van der Waals surface area contributed by atoms with Crippen molar-refractivity contribution in [1.82, 2.24) is 15.5 Å². The highest BCUT2D eigenvalue weighted by Gasteiger charge is 2.39. The number of nitrogens with zero attached hydrogens (tertiary/aromatic N) is 5. The lowest BCUT2D eigenvalue weighted by molar-refractivity contribution is 0.160. The highest BCUT2D eigenvalue weighted by atomic mass is 16.3. The van der Waals surface area contributed by atoms with Gasteiger partial charge in [0.05, 0.1) is 11.4 Å². The SMILES string of the molecule is C=N/C=N\c1cc(O)c(-c2ccc(N(C)C3CC(C)(C)NC(C)(C)C3)nn2)cc1C. The van der Waals surface area contributed by atoms with Crippen LogP contribution in [-0.4, -0.2) is 52.5 Å². The second-order valence-corrected chi connectivity index (χ2v) is 9.43. The molecule has 7 nitrogen and oxygen atoms in total. The Bertz CT molecular complexity index is 933. The van der Waals surface area contributed by atoms with E-state index in [1.807, 2.05) is 25.1 Å². The first-order valence-electron chi connectivity index (χ1n) is 10.2. The number of aliphatic imine (C=N–C) groups is 2. The van der Waals surface area contributed by atoms with E-state index >= 15 is 0 Å². The van der Waals surface area contributed by atoms with Crippen LogP contribution in [0.4, 0.5) is 11.5 Å². The van der Waals surface area contributed by atoms with Gasteiger partial charge in [-0.1, -0.05) is 0 Å². The van der Waals surface area contributed by atoms with Gasteiger partial charge in [-0.25, -0.2) is 4.99 Å². The summed E-state index contributed by atoms with van der Waals surface area (Å²) >= 11 is 0. The predicted molar refractivity (Wildman–Crippen MR) is 124 cm³/mol. The summed E-state index contributed by atoms with van der Waals surface area (Å²) in [4.78, 5) is 10.00. The minimum absolute atomic E-state index is 0.0582. The highest BCUT2D eigenvalue weighted by Crippen LogP contribution is 2.35. The van der Waals surface area contributed by atoms with Gasteiger partial charge in [-0.15, -0.1) is 10.2 Å². The summed E-state index contributed by atoms with van der Waals surface area (Å²) in [6.45, 7) is 14.3. The molecule has 0 radical (unpaired) electrons. The van der Waals surface area contributed by atoms with Crippen molar-refractivity contribution in [3.05, 3.63) is 29.8 Å². The first-order valence-corrected chi connectivity index (χ1v) is 10.2. The normalized spacial score (nSPS) is 18.5. The molecule has 160 valence electrons. The van der Waals surface area contributed by atoms with Crippen LogP contribution < -0.4 is 10.2 Å². The van der Waals surface area contributed by atoms with E-state index in [0.717, 1.165) is 24.2 Å². The summed E-state index contributed by atoms with van der Waals surface area (Å²) in [5.41, 5.74) is 2.92. The Hall–Kier alpha value is -2.80. The van der Waals surface area contributed by atoms with Crippen LogP contribution in [0.3, 0.4) is 0 Å². The number of aromatic nitrogens is 2. The molecule has 2 N–H and O–H groups in total. The van der Waals surface area contributed by atoms with E-state index < -0.39 is 0 Å². The summed E-state index contributed by atoms with van der Waals surface area (Å²) in [6, 6.07) is 7.69. The lowest BCUT2D eigenvalue weighted by Gasteiger charge is -2.49. The molecule has 30 heavy (non-hydrogen) atoms. The second kappa shape index (κ2) is 8.14. The zero-order valence-electron chi connectivity index (χ0n) is 18.8. The number of aromatic hydroxyl groups is 1. The molecule has 0 amide bonds. The Morgan fingerprint density at radius 1 is 1.17 bits per heavy atom. The van der Waals surface area contributed by atoms with Gasteiger partial charge in [-0.3, -0.25) is 4.99 Å². The van der Waals surface area contributed by atoms with Gasteiger partial charge in [0.15, 0.2) is 5.82 Å². The number of hydrogen-bond acceptors (Lipinski definition) is 6. The topological polar surface area (TPSA) is 86.0 Å². The van der Waals surface area contributed by atoms with E-state index in [4.69, 9.17) is 0 Å². The summed E-state index contributed by atoms with van der Waals surface area (Å²) in [5, 5.41) is 23.0. The average Bonchev–Trinajstić information content (AvgIpc) is 2.65. The van der Waals surface area contributed by atoms with E-state index in [2.05, 4.69) is 71.9 Å². The fourth-order valence-corrected chi connectivity index (χ4v) is 4.52. The maximum Gasteiger partial charge on any atom is 0.151 e. The van der Waals surface area contributed by atoms with Crippen LogP contribution in [0.15, 0.2) is 34.3 Å². The quantitative estimate of drug-likeness (QED) is 0.570. The second-order valence-electron chi connectivity index (χ2n) is 9.43. The van der Waals surface area contributed by atoms with Gasteiger partial charge in [-0.05, 0) is 77.9 Å². The van der Waals surface area contributed by atoms with Crippen LogP contribution in [0, 0.1) is 6.92 Å². The third-order valence-electron chi connectivity index (χ3n) is 5.60. The molecule has 2 aromatic rings. The van der Waals surface area contributed by atoms with Crippen LogP contribution in [0.2, 0.25) is 0 Å².